The quantitative estimate of drug-likeness (QED) is 0.726. The number of nitrogen functional groups attached to an aromatic ring is 1. The molecule has 82 valence electrons. The van der Waals surface area contributed by atoms with E-state index in [0.29, 0.717) is 23.1 Å². The number of nitrogens with two attached hydrogens (primary N) is 1. The van der Waals surface area contributed by atoms with Gasteiger partial charge in [-0.25, -0.2) is 9.97 Å². The SMILES string of the molecule is Cc1nc(N)cc(N2CCS(=O)CC2)n1. The number of rotatable bonds is 1. The Labute approximate surface area is 91.2 Å². The summed E-state index contributed by atoms with van der Waals surface area (Å²) in [6.45, 7) is 3.38. The Morgan fingerprint density at radius 1 is 1.40 bits per heavy atom. The molecule has 1 aromatic heterocycles. The van der Waals surface area contributed by atoms with Crippen LogP contribution in [0.15, 0.2) is 6.07 Å². The molecule has 15 heavy (non-hydrogen) atoms. The van der Waals surface area contributed by atoms with Crippen molar-refractivity contribution in [1.82, 2.24) is 9.97 Å². The number of anilines is 2. The minimum absolute atomic E-state index is 0.490. The molecular weight excluding hydrogens is 212 g/mol. The highest BCUT2D eigenvalue weighted by molar-refractivity contribution is 7.85. The maximum atomic E-state index is 11.2. The van der Waals surface area contributed by atoms with E-state index in [1.165, 1.54) is 0 Å². The minimum Gasteiger partial charge on any atom is -0.384 e. The summed E-state index contributed by atoms with van der Waals surface area (Å²) in [5, 5.41) is 0. The lowest BCUT2D eigenvalue weighted by Crippen LogP contribution is -2.38. The van der Waals surface area contributed by atoms with E-state index in [2.05, 4.69) is 14.9 Å². The normalized spacial score (nSPS) is 18.1. The van der Waals surface area contributed by atoms with Gasteiger partial charge in [0.15, 0.2) is 0 Å². The van der Waals surface area contributed by atoms with Crippen molar-refractivity contribution in [1.29, 1.82) is 0 Å². The smallest absolute Gasteiger partial charge is 0.134 e. The molecule has 1 aliphatic heterocycles. The molecule has 5 nitrogen and oxygen atoms in total. The van der Waals surface area contributed by atoms with E-state index in [1.807, 2.05) is 6.92 Å². The molecule has 2 N–H and O–H groups in total. The third-order valence-corrected chi connectivity index (χ3v) is 3.62. The van der Waals surface area contributed by atoms with Gasteiger partial charge in [-0.2, -0.15) is 0 Å². The van der Waals surface area contributed by atoms with E-state index in [0.717, 1.165) is 18.9 Å². The van der Waals surface area contributed by atoms with Crippen molar-refractivity contribution >= 4 is 22.4 Å². The Morgan fingerprint density at radius 3 is 2.67 bits per heavy atom. The van der Waals surface area contributed by atoms with Gasteiger partial charge in [-0.3, -0.25) is 4.21 Å². The maximum absolute atomic E-state index is 11.2. The summed E-state index contributed by atoms with van der Waals surface area (Å²) < 4.78 is 11.2. The van der Waals surface area contributed by atoms with Gasteiger partial charge in [-0.05, 0) is 6.92 Å². The third kappa shape index (κ3) is 2.44. The van der Waals surface area contributed by atoms with Gasteiger partial charge in [-0.15, -0.1) is 0 Å². The fourth-order valence-corrected chi connectivity index (χ4v) is 2.66. The van der Waals surface area contributed by atoms with Crippen LogP contribution < -0.4 is 10.6 Å². The lowest BCUT2D eigenvalue weighted by molar-refractivity contribution is 0.672. The minimum atomic E-state index is -0.662. The first-order valence-electron chi connectivity index (χ1n) is 4.86. The van der Waals surface area contributed by atoms with Crippen LogP contribution in [0.25, 0.3) is 0 Å². The van der Waals surface area contributed by atoms with Crippen molar-refractivity contribution in [2.45, 2.75) is 6.92 Å². The lowest BCUT2D eigenvalue weighted by atomic mass is 10.4. The van der Waals surface area contributed by atoms with Crippen LogP contribution in [0.5, 0.6) is 0 Å². The molecule has 0 aliphatic carbocycles. The van der Waals surface area contributed by atoms with Crippen LogP contribution in [0.1, 0.15) is 5.82 Å². The van der Waals surface area contributed by atoms with Crippen molar-refractivity contribution in [3.8, 4) is 0 Å². The molecule has 2 rings (SSSR count). The molecule has 0 radical (unpaired) electrons. The Bertz CT molecular complexity index is 365. The molecule has 2 heterocycles. The van der Waals surface area contributed by atoms with E-state index in [9.17, 15) is 4.21 Å². The number of nitrogens with zero attached hydrogens (tertiary/aromatic N) is 3. The van der Waals surface area contributed by atoms with Crippen molar-refractivity contribution in [2.24, 2.45) is 0 Å². The zero-order valence-corrected chi connectivity index (χ0v) is 9.46. The second-order valence-corrected chi connectivity index (χ2v) is 5.23. The van der Waals surface area contributed by atoms with Gasteiger partial charge in [0, 0.05) is 41.5 Å². The van der Waals surface area contributed by atoms with E-state index >= 15 is 0 Å². The van der Waals surface area contributed by atoms with Gasteiger partial charge in [0.2, 0.25) is 0 Å². The monoisotopic (exact) mass is 226 g/mol. The topological polar surface area (TPSA) is 72.1 Å². The number of aryl methyl sites for hydroxylation is 1. The fraction of sp³-hybridized carbons (Fsp3) is 0.556. The first-order valence-corrected chi connectivity index (χ1v) is 6.35. The number of hydrogen-bond acceptors (Lipinski definition) is 5. The molecule has 1 aliphatic rings. The third-order valence-electron chi connectivity index (χ3n) is 2.35. The summed E-state index contributed by atoms with van der Waals surface area (Å²) in [6.07, 6.45) is 0. The average Bonchev–Trinajstić information content (AvgIpc) is 2.17. The highest BCUT2D eigenvalue weighted by Gasteiger charge is 2.16. The van der Waals surface area contributed by atoms with E-state index < -0.39 is 10.8 Å². The largest absolute Gasteiger partial charge is 0.384 e. The van der Waals surface area contributed by atoms with Crippen LogP contribution in [0.2, 0.25) is 0 Å². The van der Waals surface area contributed by atoms with Crippen LogP contribution in [-0.4, -0.2) is 38.8 Å². The zero-order valence-electron chi connectivity index (χ0n) is 8.64. The number of hydrogen-bond donors (Lipinski definition) is 1. The summed E-state index contributed by atoms with van der Waals surface area (Å²) in [4.78, 5) is 10.4. The predicted molar refractivity (Wildman–Crippen MR) is 61.3 cm³/mol. The molecule has 0 amide bonds. The molecule has 0 atom stereocenters. The van der Waals surface area contributed by atoms with Crippen LogP contribution >= 0.6 is 0 Å². The zero-order chi connectivity index (χ0) is 10.8. The summed E-state index contributed by atoms with van der Waals surface area (Å²) in [5.41, 5.74) is 5.66. The van der Waals surface area contributed by atoms with E-state index in [4.69, 9.17) is 5.73 Å². The summed E-state index contributed by atoms with van der Waals surface area (Å²) in [7, 11) is -0.662. The van der Waals surface area contributed by atoms with Gasteiger partial charge in [0.1, 0.15) is 17.5 Å². The molecule has 0 saturated carbocycles. The molecule has 1 fully saturated rings. The molecule has 0 spiro atoms. The van der Waals surface area contributed by atoms with Crippen molar-refractivity contribution in [3.05, 3.63) is 11.9 Å². The molecule has 6 heteroatoms. The molecule has 1 saturated heterocycles. The van der Waals surface area contributed by atoms with Crippen LogP contribution in [0, 0.1) is 6.92 Å². The Balaban J connectivity index is 2.18. The lowest BCUT2D eigenvalue weighted by Gasteiger charge is -2.27. The second kappa shape index (κ2) is 4.14. The van der Waals surface area contributed by atoms with Gasteiger partial charge in [0.25, 0.3) is 0 Å². The fourth-order valence-electron chi connectivity index (χ4n) is 1.60. The summed E-state index contributed by atoms with van der Waals surface area (Å²) >= 11 is 0. The van der Waals surface area contributed by atoms with E-state index in [-0.39, 0.29) is 0 Å². The van der Waals surface area contributed by atoms with Crippen molar-refractivity contribution < 1.29 is 4.21 Å². The number of aromatic nitrogens is 2. The standard InChI is InChI=1S/C9H14N4OS/c1-7-11-8(10)6-9(12-7)13-2-4-15(14)5-3-13/h6H,2-5H2,1H3,(H2,10,11,12). The van der Waals surface area contributed by atoms with Crippen LogP contribution in [-0.2, 0) is 10.8 Å². The van der Waals surface area contributed by atoms with Crippen LogP contribution in [0.3, 0.4) is 0 Å². The molecule has 0 aromatic carbocycles. The Morgan fingerprint density at radius 2 is 2.07 bits per heavy atom. The van der Waals surface area contributed by atoms with Crippen molar-refractivity contribution in [2.75, 3.05) is 35.2 Å². The first-order chi connectivity index (χ1) is 7.15. The Kier molecular flexibility index (Phi) is 2.86. The maximum Gasteiger partial charge on any atom is 0.134 e. The summed E-state index contributed by atoms with van der Waals surface area (Å²) in [6, 6.07) is 1.77. The van der Waals surface area contributed by atoms with Gasteiger partial charge in [0.05, 0.1) is 0 Å². The molecule has 1 aromatic rings. The molecule has 0 unspecified atom stereocenters. The van der Waals surface area contributed by atoms with Crippen LogP contribution in [0.4, 0.5) is 11.6 Å². The Hall–Kier alpha value is -1.17. The van der Waals surface area contributed by atoms with Gasteiger partial charge in [-0.1, -0.05) is 0 Å². The van der Waals surface area contributed by atoms with Gasteiger partial charge < -0.3 is 10.6 Å². The summed E-state index contributed by atoms with van der Waals surface area (Å²) in [5.74, 6) is 3.43. The highest BCUT2D eigenvalue weighted by atomic mass is 32.2. The van der Waals surface area contributed by atoms with Gasteiger partial charge >= 0.3 is 0 Å². The van der Waals surface area contributed by atoms with E-state index in [1.54, 1.807) is 6.07 Å². The molecular formula is C9H14N4OS. The average molecular weight is 226 g/mol. The molecule has 0 bridgehead atoms. The first kappa shape index (κ1) is 10.4. The predicted octanol–water partition coefficient (Wildman–Crippen LogP) is -0.0641. The highest BCUT2D eigenvalue weighted by Crippen LogP contribution is 2.15. The van der Waals surface area contributed by atoms with Crippen molar-refractivity contribution in [3.63, 3.8) is 0 Å². The second-order valence-electron chi connectivity index (χ2n) is 3.53.